The Morgan fingerprint density at radius 1 is 0.884 bits per heavy atom. The molecular weight excluding hydrogens is 1170 g/mol. The molecule has 8 N–H and O–H groups in total. The van der Waals surface area contributed by atoms with Crippen molar-refractivity contribution < 1.29 is 61.0 Å². The van der Waals surface area contributed by atoms with Gasteiger partial charge in [0.15, 0.2) is 11.6 Å². The monoisotopic (exact) mass is 1240 g/mol. The van der Waals surface area contributed by atoms with Gasteiger partial charge in [-0.05, 0) is 80.1 Å². The van der Waals surface area contributed by atoms with Crippen LogP contribution in [-0.2, 0) is 32.1 Å². The summed E-state index contributed by atoms with van der Waals surface area (Å²) in [5.74, 6) is -1.05. The molecule has 462 valence electrons. The number of para-hydroxylation sites is 1. The first kappa shape index (κ1) is 62.4. The van der Waals surface area contributed by atoms with Crippen LogP contribution in [-0.4, -0.2) is 176 Å². The first-order valence-electron chi connectivity index (χ1n) is 28.8. The van der Waals surface area contributed by atoms with Crippen LogP contribution < -0.4 is 36.1 Å². The van der Waals surface area contributed by atoms with Crippen molar-refractivity contribution in [1.82, 2.24) is 45.3 Å². The minimum atomic E-state index is -5.31. The highest BCUT2D eigenvalue weighted by Gasteiger charge is 2.48. The van der Waals surface area contributed by atoms with Crippen molar-refractivity contribution >= 4 is 56.0 Å². The number of aryl methyl sites for hydroxylation is 1. The third-order valence-corrected chi connectivity index (χ3v) is 19.9. The number of benzene rings is 2. The average Bonchev–Trinajstić information content (AvgIpc) is 2.13. The lowest BCUT2D eigenvalue weighted by Crippen LogP contribution is -2.54. The molecule has 29 heteroatoms. The van der Waals surface area contributed by atoms with Gasteiger partial charge in [0.05, 0.1) is 46.2 Å². The number of hydrogen-bond acceptors (Lipinski definition) is 23. The summed E-state index contributed by atoms with van der Waals surface area (Å²) in [4.78, 5) is 70.3. The van der Waals surface area contributed by atoms with E-state index >= 15 is 0 Å². The molecule has 0 saturated carbocycles. The number of phosphoric acid groups is 2. The van der Waals surface area contributed by atoms with Crippen molar-refractivity contribution in [2.45, 2.75) is 96.1 Å². The van der Waals surface area contributed by atoms with Crippen molar-refractivity contribution in [2.24, 2.45) is 11.7 Å². The molecule has 26 nitrogen and oxygen atoms in total. The molecule has 86 heavy (non-hydrogen) atoms. The van der Waals surface area contributed by atoms with Gasteiger partial charge in [-0.2, -0.15) is 4.31 Å². The van der Waals surface area contributed by atoms with Crippen LogP contribution >= 0.6 is 27.0 Å². The van der Waals surface area contributed by atoms with Crippen LogP contribution in [0.2, 0.25) is 0 Å². The summed E-state index contributed by atoms with van der Waals surface area (Å²) in [5, 5.41) is 26.2. The molecular formula is C57H75N13O13P2S. The van der Waals surface area contributed by atoms with E-state index in [1.54, 1.807) is 36.8 Å². The van der Waals surface area contributed by atoms with Crippen LogP contribution in [0.25, 0.3) is 21.7 Å². The molecule has 0 spiro atoms. The summed E-state index contributed by atoms with van der Waals surface area (Å²) >= 11 is 1.52. The Kier molecular flexibility index (Phi) is 19.7. The zero-order valence-corrected chi connectivity index (χ0v) is 51.3. The summed E-state index contributed by atoms with van der Waals surface area (Å²) in [6, 6.07) is 21.3. The number of aromatic nitrogens is 5. The van der Waals surface area contributed by atoms with Crippen LogP contribution in [0.5, 0.6) is 17.5 Å². The Morgan fingerprint density at radius 3 is 2.34 bits per heavy atom. The maximum atomic E-state index is 14.8. The molecule has 6 aromatic rings. The number of thiazole rings is 1. The molecule has 0 radical (unpaired) electrons. The summed E-state index contributed by atoms with van der Waals surface area (Å²) < 4.78 is 58.2. The molecule has 3 unspecified atom stereocenters. The minimum Gasteiger partial charge on any atom is -0.507 e. The van der Waals surface area contributed by atoms with Gasteiger partial charge in [-0.3, -0.25) is 28.4 Å². The number of phosphoric ester groups is 2. The predicted octanol–water partition coefficient (Wildman–Crippen LogP) is 6.36. The van der Waals surface area contributed by atoms with Gasteiger partial charge in [0, 0.05) is 113 Å². The van der Waals surface area contributed by atoms with Gasteiger partial charge < -0.3 is 60.4 Å². The molecule has 4 fully saturated rings. The number of piperazine rings is 2. The molecule has 4 aliphatic rings. The lowest BCUT2D eigenvalue weighted by atomic mass is 9.91. The van der Waals surface area contributed by atoms with Crippen LogP contribution in [0.1, 0.15) is 75.9 Å². The molecule has 2 aromatic carbocycles. The van der Waals surface area contributed by atoms with Gasteiger partial charge >= 0.3 is 15.6 Å². The molecule has 8 heterocycles. The second-order valence-corrected chi connectivity index (χ2v) is 26.3. The number of nitrogens with zero attached hydrogens (tertiary/aromatic N) is 10. The highest BCUT2D eigenvalue weighted by Crippen LogP contribution is 2.61. The van der Waals surface area contributed by atoms with E-state index < -0.39 is 64.1 Å². The third-order valence-electron chi connectivity index (χ3n) is 16.2. The molecule has 2 bridgehead atoms. The summed E-state index contributed by atoms with van der Waals surface area (Å²) in [6.45, 7) is 14.6. The average molecular weight is 1240 g/mol. The number of nitrogens with one attached hydrogen (secondary N) is 1. The van der Waals surface area contributed by atoms with E-state index in [4.69, 9.17) is 30.0 Å². The lowest BCUT2D eigenvalue weighted by Gasteiger charge is -2.43. The summed E-state index contributed by atoms with van der Waals surface area (Å²) in [7, 11) is -10.4. The predicted molar refractivity (Wildman–Crippen MR) is 321 cm³/mol. The molecule has 0 aliphatic carbocycles. The van der Waals surface area contributed by atoms with Crippen molar-refractivity contribution in [2.75, 3.05) is 94.3 Å². The van der Waals surface area contributed by atoms with Crippen LogP contribution in [0.15, 0.2) is 89.0 Å². The number of anilines is 3. The number of likely N-dealkylation sites (tertiary alicyclic amines) is 1. The number of hydrogen-bond donors (Lipinski definition) is 6. The van der Waals surface area contributed by atoms with Gasteiger partial charge in [0.2, 0.25) is 17.7 Å². The zero-order chi connectivity index (χ0) is 60.9. The number of carbonyl (C=O) groups excluding carboxylic acids is 2. The molecule has 10 rings (SSSR count). The van der Waals surface area contributed by atoms with E-state index in [0.29, 0.717) is 36.1 Å². The highest BCUT2D eigenvalue weighted by atomic mass is 32.1. The number of rotatable bonds is 25. The minimum absolute atomic E-state index is 0.137. The maximum Gasteiger partial charge on any atom is 0.481 e. The number of phenolic OH excluding ortho intramolecular Hbond substituents is 1. The largest absolute Gasteiger partial charge is 0.507 e. The first-order chi connectivity index (χ1) is 41.2. The fourth-order valence-electron chi connectivity index (χ4n) is 12.0. The van der Waals surface area contributed by atoms with Gasteiger partial charge in [-0.25, -0.2) is 19.1 Å². The van der Waals surface area contributed by atoms with E-state index in [9.17, 15) is 33.6 Å². The fraction of sp³-hybridized carbons (Fsp3) is 0.491. The molecule has 4 aliphatic heterocycles. The zero-order valence-electron chi connectivity index (χ0n) is 48.7. The summed E-state index contributed by atoms with van der Waals surface area (Å²) in [5.41, 5.74) is 19.2. The number of amides is 2. The molecule has 2 amide bonds. The van der Waals surface area contributed by atoms with Crippen molar-refractivity contribution in [3.63, 3.8) is 0 Å². The quantitative estimate of drug-likeness (QED) is 0.0339. The highest BCUT2D eigenvalue weighted by molar-refractivity contribution is 7.61. The second kappa shape index (κ2) is 27.2. The van der Waals surface area contributed by atoms with Crippen molar-refractivity contribution in [1.29, 1.82) is 0 Å². The van der Waals surface area contributed by atoms with Gasteiger partial charge in [-0.15, -0.1) is 21.5 Å². The van der Waals surface area contributed by atoms with Crippen molar-refractivity contribution in [3.8, 4) is 39.2 Å². The van der Waals surface area contributed by atoms with E-state index in [-0.39, 0.29) is 61.6 Å². The Labute approximate surface area is 502 Å². The van der Waals surface area contributed by atoms with Gasteiger partial charge in [0.1, 0.15) is 30.9 Å². The smallest absolute Gasteiger partial charge is 0.481 e. The second-order valence-electron chi connectivity index (χ2n) is 22.5. The number of fused-ring (bicyclic) bond motifs is 2. The maximum absolute atomic E-state index is 14.8. The standard InChI is InChI=1S/C57H75N13O13P2S/c1-35(2)53(57(73)69-33-44(82-85(76,77)83-84(74,75)80-23-17-58)27-48(69)56(72)62-37(4)39-10-12-40(13-11-39)54-38(5)61-34-86-54)50-29-52(65-81-50)79-24-21-66-19-20-67(36(3)30-66)22-25-78-51-26-41(16-18-60-51)70-42-14-15-43(70)32-68(31-42)47-28-46(63-64-55(47)59)45-8-6-7-9-49(45)71/h6-13,16,18,26,28-29,34-37,42-44,48,53,71H,14-15,17,19-25,27,30-33,58H2,1-5H3,(H2,59,64)(H,62,72)(H,74,75)(H,76,77)/t36-,37+,42-,43-,44-,48+,53?/m1/s1. The van der Waals surface area contributed by atoms with Crippen LogP contribution in [0.3, 0.4) is 0 Å². The van der Waals surface area contributed by atoms with Gasteiger partial charge in [-0.1, -0.05) is 50.2 Å². The van der Waals surface area contributed by atoms with Crippen molar-refractivity contribution in [3.05, 3.63) is 102 Å². The number of ether oxygens (including phenoxy) is 2. The van der Waals surface area contributed by atoms with E-state index in [1.807, 2.05) is 75.4 Å². The normalized spacial score (nSPS) is 22.2. The van der Waals surface area contributed by atoms with Gasteiger partial charge in [0.25, 0.3) is 5.88 Å². The lowest BCUT2D eigenvalue weighted by molar-refractivity contribution is -0.141. The number of pyridine rings is 1. The molecule has 4 aromatic heterocycles. The molecule has 4 saturated heterocycles. The Bertz CT molecular complexity index is 3400. The first-order valence-corrected chi connectivity index (χ1v) is 32.7. The fourth-order valence-corrected chi connectivity index (χ4v) is 15.0. The topological polar surface area (TPSA) is 333 Å². The number of aromatic hydroxyl groups is 1. The number of phenols is 1. The number of carbonyl (C=O) groups is 2. The Morgan fingerprint density at radius 2 is 1.63 bits per heavy atom. The van der Waals surface area contributed by atoms with E-state index in [1.165, 1.54) is 16.2 Å². The Balaban J connectivity index is 0.705. The van der Waals surface area contributed by atoms with E-state index in [2.05, 4.69) is 66.0 Å². The number of nitrogen functional groups attached to an aromatic ring is 1. The molecule has 9 atom stereocenters. The van der Waals surface area contributed by atoms with Crippen LogP contribution in [0, 0.1) is 12.8 Å². The Hall–Kier alpha value is -6.61. The van der Waals surface area contributed by atoms with Crippen LogP contribution in [0.4, 0.5) is 17.2 Å². The van der Waals surface area contributed by atoms with E-state index in [0.717, 1.165) is 85.2 Å². The summed E-state index contributed by atoms with van der Waals surface area (Å²) in [6.07, 6.45) is 2.32. The number of nitrogens with two attached hydrogens (primary N) is 2. The third kappa shape index (κ3) is 14.8. The SMILES string of the molecule is Cc1ncsc1-c1ccc([C@H](C)NC(=O)[C@@H]2C[C@@H](OP(=O)(O)OP(=O)(O)OCCN)CN2C(=O)C(c2cc(OCCN3CCN(CCOc4cc(N5[C@@H]6CC[C@@H]5CN(c5cc(-c7ccccc7O)nnc5N)C6)ccn4)[C@H](C)C3)no2)C(C)C)cc1.